The van der Waals surface area contributed by atoms with Crippen LogP contribution >= 0.6 is 0 Å². The zero-order valence-electron chi connectivity index (χ0n) is 12.1. The van der Waals surface area contributed by atoms with Crippen molar-refractivity contribution in [2.75, 3.05) is 13.2 Å². The lowest BCUT2D eigenvalue weighted by Crippen LogP contribution is -2.48. The lowest BCUT2D eigenvalue weighted by molar-refractivity contribution is -0.133. The molecule has 1 aliphatic carbocycles. The van der Waals surface area contributed by atoms with Gasteiger partial charge in [0.2, 0.25) is 0 Å². The summed E-state index contributed by atoms with van der Waals surface area (Å²) in [5, 5.41) is 9.26. The minimum absolute atomic E-state index is 0.0290. The molecule has 0 aromatic carbocycles. The Bertz CT molecular complexity index is 355. The standard InChI is InChI=1S/C15H25N3O2/c16-11-18(13-6-8-20-9-7-13)15(19)14(17)10-12-4-2-1-3-5-12/h12-14H,1-10,17H2. The molecule has 0 bridgehead atoms. The summed E-state index contributed by atoms with van der Waals surface area (Å²) >= 11 is 0. The molecule has 2 fully saturated rings. The summed E-state index contributed by atoms with van der Waals surface area (Å²) in [6.45, 7) is 1.24. The minimum Gasteiger partial charge on any atom is -0.381 e. The van der Waals surface area contributed by atoms with Crippen LogP contribution in [0.15, 0.2) is 0 Å². The number of hydrogen-bond donors (Lipinski definition) is 1. The summed E-state index contributed by atoms with van der Waals surface area (Å²) in [5.41, 5.74) is 6.06. The molecule has 2 N–H and O–H groups in total. The summed E-state index contributed by atoms with van der Waals surface area (Å²) in [4.78, 5) is 13.7. The zero-order valence-corrected chi connectivity index (χ0v) is 12.1. The predicted molar refractivity (Wildman–Crippen MR) is 75.5 cm³/mol. The Balaban J connectivity index is 1.88. The van der Waals surface area contributed by atoms with E-state index in [-0.39, 0.29) is 11.9 Å². The van der Waals surface area contributed by atoms with Crippen molar-refractivity contribution in [2.24, 2.45) is 11.7 Å². The largest absolute Gasteiger partial charge is 0.381 e. The molecule has 112 valence electrons. The summed E-state index contributed by atoms with van der Waals surface area (Å²) in [5.74, 6) is 0.350. The second-order valence-electron chi connectivity index (χ2n) is 6.00. The first-order chi connectivity index (χ1) is 9.72. The van der Waals surface area contributed by atoms with Gasteiger partial charge in [0.25, 0.3) is 5.91 Å². The highest BCUT2D eigenvalue weighted by molar-refractivity contribution is 5.83. The van der Waals surface area contributed by atoms with Gasteiger partial charge < -0.3 is 10.5 Å². The molecule has 1 aliphatic heterocycles. The highest BCUT2D eigenvalue weighted by Gasteiger charge is 2.30. The van der Waals surface area contributed by atoms with Crippen LogP contribution in [0.3, 0.4) is 0 Å². The number of carbonyl (C=O) groups is 1. The van der Waals surface area contributed by atoms with Crippen molar-refractivity contribution in [3.8, 4) is 6.19 Å². The fourth-order valence-electron chi connectivity index (χ4n) is 3.32. The van der Waals surface area contributed by atoms with E-state index in [0.29, 0.717) is 19.1 Å². The van der Waals surface area contributed by atoms with Gasteiger partial charge in [0.1, 0.15) is 0 Å². The quantitative estimate of drug-likeness (QED) is 0.628. The lowest BCUT2D eigenvalue weighted by atomic mass is 9.84. The van der Waals surface area contributed by atoms with Crippen LogP contribution in [-0.2, 0) is 9.53 Å². The maximum Gasteiger partial charge on any atom is 0.252 e. The van der Waals surface area contributed by atoms with Crippen LogP contribution in [0.25, 0.3) is 0 Å². The smallest absolute Gasteiger partial charge is 0.252 e. The molecule has 1 heterocycles. The molecule has 0 aromatic heterocycles. The molecule has 1 unspecified atom stereocenters. The Labute approximate surface area is 121 Å². The fraction of sp³-hybridized carbons (Fsp3) is 0.867. The van der Waals surface area contributed by atoms with Crippen LogP contribution in [0.4, 0.5) is 0 Å². The molecule has 1 amide bonds. The topological polar surface area (TPSA) is 79.4 Å². The summed E-state index contributed by atoms with van der Waals surface area (Å²) in [6, 6.07) is -0.556. The third kappa shape index (κ3) is 3.94. The average Bonchev–Trinajstić information content (AvgIpc) is 2.50. The number of ether oxygens (including phenoxy) is 1. The average molecular weight is 279 g/mol. The van der Waals surface area contributed by atoms with Gasteiger partial charge in [-0.15, -0.1) is 0 Å². The third-order valence-corrected chi connectivity index (χ3v) is 4.53. The third-order valence-electron chi connectivity index (χ3n) is 4.53. The molecule has 2 rings (SSSR count). The molecule has 0 radical (unpaired) electrons. The normalized spacial score (nSPS) is 23.0. The van der Waals surface area contributed by atoms with E-state index in [1.165, 1.54) is 37.0 Å². The molecule has 0 spiro atoms. The van der Waals surface area contributed by atoms with Crippen LogP contribution in [-0.4, -0.2) is 36.1 Å². The van der Waals surface area contributed by atoms with Gasteiger partial charge in [0.15, 0.2) is 6.19 Å². The Kier molecular flexibility index (Phi) is 5.81. The summed E-state index contributed by atoms with van der Waals surface area (Å²) < 4.78 is 5.28. The number of nitrogens with zero attached hydrogens (tertiary/aromatic N) is 2. The Hall–Kier alpha value is -1.12. The van der Waals surface area contributed by atoms with Gasteiger partial charge in [-0.05, 0) is 25.2 Å². The summed E-state index contributed by atoms with van der Waals surface area (Å²) in [6.07, 6.45) is 10.4. The number of hydrogen-bond acceptors (Lipinski definition) is 4. The van der Waals surface area contributed by atoms with Gasteiger partial charge in [0.05, 0.1) is 12.1 Å². The van der Waals surface area contributed by atoms with E-state index in [1.807, 2.05) is 6.19 Å². The highest BCUT2D eigenvalue weighted by atomic mass is 16.5. The van der Waals surface area contributed by atoms with Crippen molar-refractivity contribution in [3.05, 3.63) is 0 Å². The van der Waals surface area contributed by atoms with Crippen molar-refractivity contribution in [1.29, 1.82) is 5.26 Å². The number of amides is 1. The second-order valence-corrected chi connectivity index (χ2v) is 6.00. The molecular weight excluding hydrogens is 254 g/mol. The Morgan fingerprint density at radius 1 is 1.25 bits per heavy atom. The Morgan fingerprint density at radius 2 is 1.90 bits per heavy atom. The van der Waals surface area contributed by atoms with E-state index in [4.69, 9.17) is 10.5 Å². The molecule has 2 aliphatic rings. The number of carbonyl (C=O) groups excluding carboxylic acids is 1. The van der Waals surface area contributed by atoms with Crippen molar-refractivity contribution >= 4 is 5.91 Å². The van der Waals surface area contributed by atoms with Crippen LogP contribution in [0.2, 0.25) is 0 Å². The molecule has 1 saturated heterocycles. The maximum atomic E-state index is 12.4. The van der Waals surface area contributed by atoms with E-state index in [0.717, 1.165) is 19.3 Å². The molecule has 1 atom stereocenters. The van der Waals surface area contributed by atoms with Crippen LogP contribution in [0.5, 0.6) is 0 Å². The molecular formula is C15H25N3O2. The van der Waals surface area contributed by atoms with E-state index >= 15 is 0 Å². The number of nitrogens with two attached hydrogens (primary N) is 1. The van der Waals surface area contributed by atoms with Crippen LogP contribution in [0, 0.1) is 17.4 Å². The molecule has 0 aromatic rings. The van der Waals surface area contributed by atoms with Crippen molar-refractivity contribution in [1.82, 2.24) is 4.90 Å². The highest BCUT2D eigenvalue weighted by Crippen LogP contribution is 2.27. The molecule has 20 heavy (non-hydrogen) atoms. The van der Waals surface area contributed by atoms with Gasteiger partial charge in [-0.1, -0.05) is 32.1 Å². The number of rotatable bonds is 4. The molecule has 5 nitrogen and oxygen atoms in total. The van der Waals surface area contributed by atoms with Crippen LogP contribution in [0.1, 0.15) is 51.4 Å². The first-order valence-electron chi connectivity index (χ1n) is 7.78. The monoisotopic (exact) mass is 279 g/mol. The van der Waals surface area contributed by atoms with Gasteiger partial charge >= 0.3 is 0 Å². The lowest BCUT2D eigenvalue weighted by Gasteiger charge is -2.31. The minimum atomic E-state index is -0.527. The van der Waals surface area contributed by atoms with Gasteiger partial charge in [0, 0.05) is 13.2 Å². The molecule has 5 heteroatoms. The molecule has 1 saturated carbocycles. The zero-order chi connectivity index (χ0) is 14.4. The fourth-order valence-corrected chi connectivity index (χ4v) is 3.32. The number of nitriles is 1. The van der Waals surface area contributed by atoms with E-state index in [9.17, 15) is 10.1 Å². The van der Waals surface area contributed by atoms with Crippen LogP contribution < -0.4 is 5.73 Å². The van der Waals surface area contributed by atoms with Crippen molar-refractivity contribution in [2.45, 2.75) is 63.5 Å². The van der Waals surface area contributed by atoms with E-state index in [1.54, 1.807) is 0 Å². The van der Waals surface area contributed by atoms with Gasteiger partial charge in [-0.2, -0.15) is 5.26 Å². The second kappa shape index (κ2) is 7.61. The SMILES string of the molecule is N#CN(C(=O)C(N)CC1CCCCC1)C1CCOCC1. The predicted octanol–water partition coefficient (Wildman–Crippen LogP) is 1.77. The maximum absolute atomic E-state index is 12.4. The van der Waals surface area contributed by atoms with Gasteiger partial charge in [-0.25, -0.2) is 4.90 Å². The first kappa shape index (κ1) is 15.3. The Morgan fingerprint density at radius 3 is 2.50 bits per heavy atom. The first-order valence-corrected chi connectivity index (χ1v) is 7.78. The van der Waals surface area contributed by atoms with E-state index in [2.05, 4.69) is 0 Å². The van der Waals surface area contributed by atoms with Crippen molar-refractivity contribution < 1.29 is 9.53 Å². The van der Waals surface area contributed by atoms with Crippen molar-refractivity contribution in [3.63, 3.8) is 0 Å². The van der Waals surface area contributed by atoms with E-state index < -0.39 is 6.04 Å². The summed E-state index contributed by atoms with van der Waals surface area (Å²) in [7, 11) is 0. The van der Waals surface area contributed by atoms with Gasteiger partial charge in [-0.3, -0.25) is 4.79 Å².